The van der Waals surface area contributed by atoms with Crippen LogP contribution in [0, 0.1) is 0 Å². The van der Waals surface area contributed by atoms with Crippen molar-refractivity contribution in [1.29, 1.82) is 0 Å². The number of methoxy groups -OCH3 is 1. The second-order valence-corrected chi connectivity index (χ2v) is 7.55. The van der Waals surface area contributed by atoms with Crippen molar-refractivity contribution in [2.45, 2.75) is 25.2 Å². The first kappa shape index (κ1) is 17.0. The molecule has 3 heterocycles. The lowest BCUT2D eigenvalue weighted by atomic mass is 9.82. The minimum atomic E-state index is 0.0158. The van der Waals surface area contributed by atoms with E-state index in [2.05, 4.69) is 39.5 Å². The number of hydrogen-bond donors (Lipinski definition) is 1. The Morgan fingerprint density at radius 2 is 2.00 bits per heavy atom. The van der Waals surface area contributed by atoms with E-state index in [-0.39, 0.29) is 11.8 Å². The zero-order valence-corrected chi connectivity index (χ0v) is 15.9. The van der Waals surface area contributed by atoms with E-state index in [1.165, 1.54) is 18.4 Å². The Labute approximate surface area is 164 Å². The van der Waals surface area contributed by atoms with Gasteiger partial charge in [-0.2, -0.15) is 0 Å². The molecule has 1 N–H and O–H groups in total. The first-order valence-corrected chi connectivity index (χ1v) is 9.84. The molecule has 0 spiro atoms. The summed E-state index contributed by atoms with van der Waals surface area (Å²) in [7, 11) is 1.70. The van der Waals surface area contributed by atoms with Crippen molar-refractivity contribution < 1.29 is 9.53 Å². The van der Waals surface area contributed by atoms with Gasteiger partial charge in [-0.25, -0.2) is 0 Å². The number of pyridine rings is 1. The molecule has 5 nitrogen and oxygen atoms in total. The average Bonchev–Trinajstić information content (AvgIpc) is 3.26. The molecule has 0 saturated carbocycles. The van der Waals surface area contributed by atoms with Crippen molar-refractivity contribution >= 4 is 28.1 Å². The van der Waals surface area contributed by atoms with Crippen LogP contribution in [0.25, 0.3) is 10.8 Å². The molecule has 3 aromatic rings. The Balaban J connectivity index is 1.69. The number of ether oxygens (including phenoxy) is 1. The zero-order chi connectivity index (χ0) is 19.1. The van der Waals surface area contributed by atoms with Crippen molar-refractivity contribution in [3.63, 3.8) is 0 Å². The Hall–Kier alpha value is -3.08. The van der Waals surface area contributed by atoms with E-state index in [0.717, 1.165) is 46.5 Å². The van der Waals surface area contributed by atoms with E-state index >= 15 is 0 Å². The van der Waals surface area contributed by atoms with Gasteiger partial charge in [0, 0.05) is 55.0 Å². The third-order valence-electron chi connectivity index (χ3n) is 5.93. The van der Waals surface area contributed by atoms with Gasteiger partial charge in [-0.1, -0.05) is 18.2 Å². The van der Waals surface area contributed by atoms with Gasteiger partial charge in [-0.15, -0.1) is 0 Å². The molecule has 1 unspecified atom stereocenters. The molecular formula is C23H23N3O2. The van der Waals surface area contributed by atoms with E-state index in [0.29, 0.717) is 6.42 Å². The summed E-state index contributed by atoms with van der Waals surface area (Å²) in [5.41, 5.74) is 4.31. The molecule has 0 bridgehead atoms. The van der Waals surface area contributed by atoms with Gasteiger partial charge in [0.05, 0.1) is 12.8 Å². The molecule has 1 aromatic heterocycles. The normalized spacial score (nSPS) is 18.8. The molecule has 1 atom stereocenters. The van der Waals surface area contributed by atoms with Crippen LogP contribution in [0.3, 0.4) is 0 Å². The number of carbonyl (C=O) groups is 1. The van der Waals surface area contributed by atoms with Crippen LogP contribution in [0.15, 0.2) is 48.8 Å². The lowest BCUT2D eigenvalue weighted by Crippen LogP contribution is -2.25. The summed E-state index contributed by atoms with van der Waals surface area (Å²) >= 11 is 0. The van der Waals surface area contributed by atoms with Gasteiger partial charge in [0.25, 0.3) is 0 Å². The molecule has 5 rings (SSSR count). The number of benzene rings is 2. The fraction of sp³-hybridized carbons (Fsp3) is 0.304. The Morgan fingerprint density at radius 3 is 2.82 bits per heavy atom. The van der Waals surface area contributed by atoms with Crippen LogP contribution in [0.5, 0.6) is 5.75 Å². The van der Waals surface area contributed by atoms with Crippen LogP contribution in [0.1, 0.15) is 36.3 Å². The van der Waals surface area contributed by atoms with E-state index in [4.69, 9.17) is 4.74 Å². The molecular weight excluding hydrogens is 350 g/mol. The van der Waals surface area contributed by atoms with E-state index in [1.807, 2.05) is 24.5 Å². The summed E-state index contributed by atoms with van der Waals surface area (Å²) in [6, 6.07) is 12.5. The van der Waals surface area contributed by atoms with Crippen LogP contribution >= 0.6 is 0 Å². The molecule has 142 valence electrons. The number of aromatic nitrogens is 1. The summed E-state index contributed by atoms with van der Waals surface area (Å²) in [6.45, 7) is 2.10. The van der Waals surface area contributed by atoms with E-state index in [9.17, 15) is 4.79 Å². The second-order valence-electron chi connectivity index (χ2n) is 7.55. The molecule has 2 aliphatic rings. The smallest absolute Gasteiger partial charge is 0.225 e. The number of amides is 1. The summed E-state index contributed by atoms with van der Waals surface area (Å²) in [6.07, 6.45) is 6.55. The van der Waals surface area contributed by atoms with E-state index in [1.54, 1.807) is 7.11 Å². The average molecular weight is 373 g/mol. The lowest BCUT2D eigenvalue weighted by Gasteiger charge is -2.30. The summed E-state index contributed by atoms with van der Waals surface area (Å²) in [5, 5.41) is 5.30. The van der Waals surface area contributed by atoms with Crippen LogP contribution in [0.4, 0.5) is 11.4 Å². The fourth-order valence-corrected chi connectivity index (χ4v) is 4.58. The highest BCUT2D eigenvalue weighted by Crippen LogP contribution is 2.45. The SMILES string of the molecule is COc1cc2c(cc1N1CCCC1)C(c1cccc3cnccc13)CC(=O)N2. The molecule has 1 saturated heterocycles. The quantitative estimate of drug-likeness (QED) is 0.743. The lowest BCUT2D eigenvalue weighted by molar-refractivity contribution is -0.116. The molecule has 2 aromatic carbocycles. The first-order chi connectivity index (χ1) is 13.7. The molecule has 2 aliphatic heterocycles. The Kier molecular flexibility index (Phi) is 4.15. The third kappa shape index (κ3) is 2.78. The van der Waals surface area contributed by atoms with Gasteiger partial charge >= 0.3 is 0 Å². The predicted molar refractivity (Wildman–Crippen MR) is 111 cm³/mol. The maximum absolute atomic E-state index is 12.5. The van der Waals surface area contributed by atoms with Gasteiger partial charge in [0.15, 0.2) is 0 Å². The van der Waals surface area contributed by atoms with Crippen molar-refractivity contribution in [2.24, 2.45) is 0 Å². The van der Waals surface area contributed by atoms with E-state index < -0.39 is 0 Å². The van der Waals surface area contributed by atoms with Crippen LogP contribution in [0.2, 0.25) is 0 Å². The maximum Gasteiger partial charge on any atom is 0.225 e. The van der Waals surface area contributed by atoms with Crippen molar-refractivity contribution in [2.75, 3.05) is 30.4 Å². The first-order valence-electron chi connectivity index (χ1n) is 9.84. The van der Waals surface area contributed by atoms with Gasteiger partial charge in [0.1, 0.15) is 5.75 Å². The van der Waals surface area contributed by atoms with Gasteiger partial charge < -0.3 is 15.0 Å². The molecule has 1 fully saturated rings. The zero-order valence-electron chi connectivity index (χ0n) is 15.9. The monoisotopic (exact) mass is 373 g/mol. The highest BCUT2D eigenvalue weighted by atomic mass is 16.5. The fourth-order valence-electron chi connectivity index (χ4n) is 4.58. The molecule has 0 aliphatic carbocycles. The largest absolute Gasteiger partial charge is 0.495 e. The highest BCUT2D eigenvalue weighted by molar-refractivity contribution is 5.98. The van der Waals surface area contributed by atoms with Crippen molar-refractivity contribution in [3.05, 3.63) is 59.9 Å². The molecule has 0 radical (unpaired) electrons. The number of anilines is 2. The third-order valence-corrected chi connectivity index (χ3v) is 5.93. The van der Waals surface area contributed by atoms with Gasteiger partial charge in [0.2, 0.25) is 5.91 Å². The van der Waals surface area contributed by atoms with Gasteiger partial charge in [-0.05, 0) is 41.5 Å². The van der Waals surface area contributed by atoms with Crippen molar-refractivity contribution in [3.8, 4) is 5.75 Å². The number of fused-ring (bicyclic) bond motifs is 2. The summed E-state index contributed by atoms with van der Waals surface area (Å²) in [4.78, 5) is 19.1. The van der Waals surface area contributed by atoms with Crippen LogP contribution in [-0.2, 0) is 4.79 Å². The predicted octanol–water partition coefficient (Wildman–Crippen LogP) is 4.32. The number of nitrogens with one attached hydrogen (secondary N) is 1. The minimum absolute atomic E-state index is 0.0158. The number of rotatable bonds is 3. The van der Waals surface area contributed by atoms with Gasteiger partial charge in [-0.3, -0.25) is 9.78 Å². The maximum atomic E-state index is 12.5. The Morgan fingerprint density at radius 1 is 1.14 bits per heavy atom. The molecule has 28 heavy (non-hydrogen) atoms. The topological polar surface area (TPSA) is 54.5 Å². The summed E-state index contributed by atoms with van der Waals surface area (Å²) < 4.78 is 5.67. The minimum Gasteiger partial charge on any atom is -0.495 e. The molecule has 5 heteroatoms. The number of nitrogens with zero attached hydrogens (tertiary/aromatic N) is 2. The number of carbonyl (C=O) groups excluding carboxylic acids is 1. The second kappa shape index (κ2) is 6.82. The van der Waals surface area contributed by atoms with Crippen molar-refractivity contribution in [1.82, 2.24) is 4.98 Å². The highest BCUT2D eigenvalue weighted by Gasteiger charge is 2.30. The van der Waals surface area contributed by atoms with Crippen LogP contribution in [-0.4, -0.2) is 31.1 Å². The summed E-state index contributed by atoms with van der Waals surface area (Å²) in [5.74, 6) is 0.880. The molecule has 1 amide bonds. The van der Waals surface area contributed by atoms with Crippen LogP contribution < -0.4 is 15.0 Å². The number of hydrogen-bond acceptors (Lipinski definition) is 4. The Bertz CT molecular complexity index is 1050. The standard InChI is InChI=1S/C23H23N3O2/c1-28-22-13-20-19(11-21(22)26-9-2-3-10-26)18(12-23(27)25-20)17-6-4-5-15-14-24-8-7-16(15)17/h4-8,11,13-14,18H,2-3,9-10,12H2,1H3,(H,25,27).